The Morgan fingerprint density at radius 2 is 1.85 bits per heavy atom. The number of rotatable bonds is 6. The first-order valence-electron chi connectivity index (χ1n) is 8.62. The fourth-order valence-corrected chi connectivity index (χ4v) is 2.86. The molecule has 0 fully saturated rings. The highest BCUT2D eigenvalue weighted by atomic mass is 16.5. The highest BCUT2D eigenvalue weighted by Crippen LogP contribution is 2.27. The summed E-state index contributed by atoms with van der Waals surface area (Å²) < 4.78 is 7.98. The molecule has 0 saturated heterocycles. The fraction of sp³-hybridized carbons (Fsp3) is 0.300. The summed E-state index contributed by atoms with van der Waals surface area (Å²) >= 11 is 0. The van der Waals surface area contributed by atoms with Crippen LogP contribution >= 0.6 is 0 Å². The van der Waals surface area contributed by atoms with Gasteiger partial charge >= 0.3 is 0 Å². The van der Waals surface area contributed by atoms with Gasteiger partial charge in [0.25, 0.3) is 0 Å². The Kier molecular flexibility index (Phi) is 4.70. The molecule has 0 aliphatic carbocycles. The lowest BCUT2D eigenvalue weighted by atomic mass is 9.98. The van der Waals surface area contributed by atoms with Crippen LogP contribution < -0.4 is 16.2 Å². The van der Waals surface area contributed by atoms with Crippen molar-refractivity contribution in [2.24, 2.45) is 11.5 Å². The summed E-state index contributed by atoms with van der Waals surface area (Å²) in [6.07, 6.45) is 0.277. The van der Waals surface area contributed by atoms with Gasteiger partial charge in [-0.1, -0.05) is 17.7 Å². The fourth-order valence-electron chi connectivity index (χ4n) is 2.86. The number of fused-ring (bicyclic) bond motifs is 1. The SMILES string of the molecule is CCn1c(C[C@@](C)(N)C(N)=O)nc2ccc(Oc3ccc(C)cc3)cc21. The molecule has 3 aromatic rings. The summed E-state index contributed by atoms with van der Waals surface area (Å²) in [5.74, 6) is 1.70. The molecule has 0 unspecified atom stereocenters. The van der Waals surface area contributed by atoms with Crippen LogP contribution in [0.15, 0.2) is 42.5 Å². The van der Waals surface area contributed by atoms with Gasteiger partial charge in [-0.2, -0.15) is 0 Å². The summed E-state index contributed by atoms with van der Waals surface area (Å²) in [4.78, 5) is 16.2. The van der Waals surface area contributed by atoms with Crippen LogP contribution in [0.2, 0.25) is 0 Å². The van der Waals surface area contributed by atoms with Crippen molar-refractivity contribution in [2.75, 3.05) is 0 Å². The third-order valence-electron chi connectivity index (χ3n) is 4.46. The monoisotopic (exact) mass is 352 g/mol. The van der Waals surface area contributed by atoms with E-state index in [0.717, 1.165) is 28.4 Å². The Hall–Kier alpha value is -2.86. The van der Waals surface area contributed by atoms with Crippen molar-refractivity contribution in [1.82, 2.24) is 9.55 Å². The van der Waals surface area contributed by atoms with Crippen LogP contribution in [0.5, 0.6) is 11.5 Å². The van der Waals surface area contributed by atoms with E-state index in [-0.39, 0.29) is 6.42 Å². The van der Waals surface area contributed by atoms with Crippen molar-refractivity contribution in [3.8, 4) is 11.5 Å². The van der Waals surface area contributed by atoms with Gasteiger partial charge in [-0.3, -0.25) is 4.79 Å². The van der Waals surface area contributed by atoms with E-state index in [1.165, 1.54) is 5.56 Å². The highest BCUT2D eigenvalue weighted by Gasteiger charge is 2.28. The van der Waals surface area contributed by atoms with Crippen LogP contribution in [0.3, 0.4) is 0 Å². The van der Waals surface area contributed by atoms with Gasteiger partial charge < -0.3 is 20.8 Å². The molecule has 0 saturated carbocycles. The minimum Gasteiger partial charge on any atom is -0.457 e. The number of hydrogen-bond acceptors (Lipinski definition) is 4. The number of primary amides is 1. The maximum atomic E-state index is 11.6. The predicted octanol–water partition coefficient (Wildman–Crippen LogP) is 2.90. The van der Waals surface area contributed by atoms with Crippen LogP contribution in [0.4, 0.5) is 0 Å². The van der Waals surface area contributed by atoms with Gasteiger partial charge in [-0.05, 0) is 45.0 Å². The second-order valence-electron chi connectivity index (χ2n) is 6.80. The van der Waals surface area contributed by atoms with Gasteiger partial charge in [-0.25, -0.2) is 4.98 Å². The summed E-state index contributed by atoms with van der Waals surface area (Å²) in [7, 11) is 0. The lowest BCUT2D eigenvalue weighted by Crippen LogP contribution is -2.51. The average molecular weight is 352 g/mol. The van der Waals surface area contributed by atoms with Gasteiger partial charge in [0.05, 0.1) is 16.6 Å². The standard InChI is InChI=1S/C20H24N4O2/c1-4-24-17-11-15(26-14-7-5-13(2)6-8-14)9-10-16(17)23-18(24)12-20(3,22)19(21)25/h5-11H,4,12,22H2,1-3H3,(H2,21,25)/t20-/m1/s1. The van der Waals surface area contributed by atoms with Gasteiger partial charge in [0.15, 0.2) is 0 Å². The van der Waals surface area contributed by atoms with E-state index >= 15 is 0 Å². The normalized spacial score (nSPS) is 13.5. The topological polar surface area (TPSA) is 96.2 Å². The first-order valence-corrected chi connectivity index (χ1v) is 8.62. The number of aryl methyl sites for hydroxylation is 2. The zero-order chi connectivity index (χ0) is 18.9. The number of imidazole rings is 1. The molecule has 3 rings (SSSR count). The molecule has 1 atom stereocenters. The number of hydrogen-bond donors (Lipinski definition) is 2. The second kappa shape index (κ2) is 6.80. The number of carbonyl (C=O) groups excluding carboxylic acids is 1. The molecule has 2 aromatic carbocycles. The zero-order valence-corrected chi connectivity index (χ0v) is 15.3. The lowest BCUT2D eigenvalue weighted by Gasteiger charge is -2.20. The quantitative estimate of drug-likeness (QED) is 0.713. The van der Waals surface area contributed by atoms with E-state index in [1.807, 2.05) is 60.9 Å². The molecule has 4 N–H and O–H groups in total. The van der Waals surface area contributed by atoms with Crippen LogP contribution in [0.1, 0.15) is 25.2 Å². The molecular weight excluding hydrogens is 328 g/mol. The summed E-state index contributed by atoms with van der Waals surface area (Å²) in [5, 5.41) is 0. The molecule has 0 bridgehead atoms. The Morgan fingerprint density at radius 3 is 2.46 bits per heavy atom. The maximum absolute atomic E-state index is 11.6. The molecule has 0 aliphatic rings. The molecule has 1 heterocycles. The molecule has 1 amide bonds. The predicted molar refractivity (Wildman–Crippen MR) is 102 cm³/mol. The molecule has 0 aliphatic heterocycles. The molecule has 0 spiro atoms. The number of amides is 1. The second-order valence-corrected chi connectivity index (χ2v) is 6.80. The number of benzene rings is 2. The Balaban J connectivity index is 1.96. The van der Waals surface area contributed by atoms with Crippen molar-refractivity contribution in [2.45, 2.75) is 39.3 Å². The first-order chi connectivity index (χ1) is 12.3. The average Bonchev–Trinajstić information content (AvgIpc) is 2.92. The van der Waals surface area contributed by atoms with Gasteiger partial charge in [0.2, 0.25) is 5.91 Å². The van der Waals surface area contributed by atoms with E-state index < -0.39 is 11.4 Å². The van der Waals surface area contributed by atoms with E-state index in [4.69, 9.17) is 16.2 Å². The zero-order valence-electron chi connectivity index (χ0n) is 15.3. The highest BCUT2D eigenvalue weighted by molar-refractivity contribution is 5.84. The van der Waals surface area contributed by atoms with Crippen LogP contribution in [-0.2, 0) is 17.8 Å². The third kappa shape index (κ3) is 3.55. The van der Waals surface area contributed by atoms with Crippen molar-refractivity contribution in [3.05, 3.63) is 53.9 Å². The smallest absolute Gasteiger partial charge is 0.237 e. The molecule has 6 nitrogen and oxygen atoms in total. The number of carbonyl (C=O) groups is 1. The Bertz CT molecular complexity index is 942. The van der Waals surface area contributed by atoms with Gasteiger partial charge in [-0.15, -0.1) is 0 Å². The molecule has 136 valence electrons. The largest absolute Gasteiger partial charge is 0.457 e. The van der Waals surface area contributed by atoms with Crippen LogP contribution in [0.25, 0.3) is 11.0 Å². The molecule has 1 aromatic heterocycles. The lowest BCUT2D eigenvalue weighted by molar-refractivity contribution is -0.122. The summed E-state index contributed by atoms with van der Waals surface area (Å²) in [6.45, 7) is 6.39. The Labute approximate surface area is 152 Å². The first kappa shape index (κ1) is 17.9. The van der Waals surface area contributed by atoms with E-state index in [0.29, 0.717) is 6.54 Å². The molecular formula is C20H24N4O2. The number of aromatic nitrogens is 2. The number of ether oxygens (including phenoxy) is 1. The maximum Gasteiger partial charge on any atom is 0.237 e. The Morgan fingerprint density at radius 1 is 1.19 bits per heavy atom. The van der Waals surface area contributed by atoms with Gasteiger partial charge in [0, 0.05) is 19.0 Å². The van der Waals surface area contributed by atoms with Crippen molar-refractivity contribution >= 4 is 16.9 Å². The summed E-state index contributed by atoms with van der Waals surface area (Å²) in [5.41, 5.74) is 13.2. The minimum atomic E-state index is -1.14. The van der Waals surface area contributed by atoms with Crippen molar-refractivity contribution in [1.29, 1.82) is 0 Å². The van der Waals surface area contributed by atoms with E-state index in [1.54, 1.807) is 6.92 Å². The van der Waals surface area contributed by atoms with Crippen LogP contribution in [0, 0.1) is 6.92 Å². The van der Waals surface area contributed by atoms with Gasteiger partial charge in [0.1, 0.15) is 17.3 Å². The summed E-state index contributed by atoms with van der Waals surface area (Å²) in [6, 6.07) is 13.6. The minimum absolute atomic E-state index is 0.277. The van der Waals surface area contributed by atoms with E-state index in [2.05, 4.69) is 4.98 Å². The van der Waals surface area contributed by atoms with Crippen molar-refractivity contribution in [3.63, 3.8) is 0 Å². The number of nitrogens with two attached hydrogens (primary N) is 2. The third-order valence-corrected chi connectivity index (χ3v) is 4.46. The molecule has 26 heavy (non-hydrogen) atoms. The van der Waals surface area contributed by atoms with Crippen molar-refractivity contribution < 1.29 is 9.53 Å². The van der Waals surface area contributed by atoms with Crippen LogP contribution in [-0.4, -0.2) is 21.0 Å². The number of nitrogens with zero attached hydrogens (tertiary/aromatic N) is 2. The molecule has 6 heteroatoms. The molecule has 0 radical (unpaired) electrons. The van der Waals surface area contributed by atoms with E-state index in [9.17, 15) is 4.79 Å².